The first-order valence-corrected chi connectivity index (χ1v) is 9.19. The van der Waals surface area contributed by atoms with Gasteiger partial charge in [0.1, 0.15) is 6.04 Å². The van der Waals surface area contributed by atoms with E-state index < -0.39 is 6.04 Å². The van der Waals surface area contributed by atoms with Gasteiger partial charge >= 0.3 is 0 Å². The minimum absolute atomic E-state index is 0.0723. The number of hydrogen-bond donors (Lipinski definition) is 1. The second kappa shape index (κ2) is 7.72. The van der Waals surface area contributed by atoms with Crippen molar-refractivity contribution in [3.8, 4) is 0 Å². The summed E-state index contributed by atoms with van der Waals surface area (Å²) in [5.74, 6) is -0.0661. The van der Waals surface area contributed by atoms with Crippen molar-refractivity contribution in [2.24, 2.45) is 0 Å². The zero-order chi connectivity index (χ0) is 18.7. The fraction of sp³-hybridized carbons (Fsp3) is 0.450. The van der Waals surface area contributed by atoms with Crippen LogP contribution >= 0.6 is 0 Å². The van der Waals surface area contributed by atoms with Crippen LogP contribution in [0.2, 0.25) is 0 Å². The predicted molar refractivity (Wildman–Crippen MR) is 101 cm³/mol. The van der Waals surface area contributed by atoms with Crippen LogP contribution < -0.4 is 5.32 Å². The van der Waals surface area contributed by atoms with Crippen molar-refractivity contribution in [2.75, 3.05) is 11.9 Å². The number of amides is 2. The maximum Gasteiger partial charge on any atom is 0.254 e. The smallest absolute Gasteiger partial charge is 0.254 e. The molecule has 0 radical (unpaired) electrons. The van der Waals surface area contributed by atoms with Gasteiger partial charge in [-0.3, -0.25) is 14.3 Å². The van der Waals surface area contributed by atoms with E-state index in [0.717, 1.165) is 30.6 Å². The van der Waals surface area contributed by atoms with E-state index in [2.05, 4.69) is 17.3 Å². The lowest BCUT2D eigenvalue weighted by molar-refractivity contribution is -0.119. The molecule has 2 amide bonds. The molecule has 138 valence electrons. The van der Waals surface area contributed by atoms with Gasteiger partial charge in [-0.15, -0.1) is 0 Å². The summed E-state index contributed by atoms with van der Waals surface area (Å²) in [6, 6.07) is 7.13. The number of anilines is 1. The van der Waals surface area contributed by atoms with Gasteiger partial charge < -0.3 is 10.2 Å². The Hall–Kier alpha value is -2.63. The number of hydrogen-bond acceptors (Lipinski definition) is 3. The summed E-state index contributed by atoms with van der Waals surface area (Å²) in [6.07, 6.45) is 6.72. The van der Waals surface area contributed by atoms with Crippen molar-refractivity contribution in [1.82, 2.24) is 14.7 Å². The first kappa shape index (κ1) is 18.2. The number of likely N-dealkylation sites (tertiary alicyclic amines) is 1. The number of benzene rings is 1. The first-order chi connectivity index (χ1) is 12.5. The van der Waals surface area contributed by atoms with E-state index in [4.69, 9.17) is 0 Å². The number of carbonyl (C=O) groups excluding carboxylic acids is 2. The Bertz CT molecular complexity index is 785. The molecule has 1 aliphatic heterocycles. The summed E-state index contributed by atoms with van der Waals surface area (Å²) in [6.45, 7) is 6.63. The van der Waals surface area contributed by atoms with Crippen LogP contribution in [0.4, 0.5) is 5.69 Å². The zero-order valence-electron chi connectivity index (χ0n) is 15.6. The molecule has 1 saturated heterocycles. The number of piperidine rings is 1. The van der Waals surface area contributed by atoms with E-state index in [0.29, 0.717) is 5.56 Å². The Morgan fingerprint density at radius 3 is 2.77 bits per heavy atom. The quantitative estimate of drug-likeness (QED) is 0.915. The third-order valence-electron chi connectivity index (χ3n) is 5.10. The molecule has 0 aliphatic carbocycles. The average molecular weight is 354 g/mol. The third kappa shape index (κ3) is 3.79. The monoisotopic (exact) mass is 354 g/mol. The Kier molecular flexibility index (Phi) is 5.40. The summed E-state index contributed by atoms with van der Waals surface area (Å²) in [5, 5.41) is 7.03. The normalized spacial score (nSPS) is 18.4. The molecule has 2 unspecified atom stereocenters. The van der Waals surface area contributed by atoms with Gasteiger partial charge in [0.15, 0.2) is 0 Å². The minimum Gasteiger partial charge on any atom is -0.336 e. The van der Waals surface area contributed by atoms with E-state index >= 15 is 0 Å². The van der Waals surface area contributed by atoms with Gasteiger partial charge in [0.05, 0.1) is 0 Å². The van der Waals surface area contributed by atoms with Crippen LogP contribution in [0.3, 0.4) is 0 Å². The largest absolute Gasteiger partial charge is 0.336 e. The van der Waals surface area contributed by atoms with Crippen molar-refractivity contribution in [3.63, 3.8) is 0 Å². The van der Waals surface area contributed by atoms with Crippen LogP contribution in [0, 0.1) is 6.92 Å². The van der Waals surface area contributed by atoms with Crippen LogP contribution in [0.1, 0.15) is 55.1 Å². The highest BCUT2D eigenvalue weighted by atomic mass is 16.2. The van der Waals surface area contributed by atoms with E-state index in [9.17, 15) is 9.59 Å². The maximum atomic E-state index is 12.8. The maximum absolute atomic E-state index is 12.8. The van der Waals surface area contributed by atoms with Gasteiger partial charge in [-0.2, -0.15) is 5.10 Å². The Labute approximate surface area is 154 Å². The number of aromatic nitrogens is 2. The molecule has 1 aromatic heterocycles. The molecule has 6 heteroatoms. The second-order valence-electron chi connectivity index (χ2n) is 7.02. The molecular weight excluding hydrogens is 328 g/mol. The molecule has 1 N–H and O–H groups in total. The van der Waals surface area contributed by atoms with Crippen LogP contribution in [0.25, 0.3) is 0 Å². The van der Waals surface area contributed by atoms with Gasteiger partial charge in [0.2, 0.25) is 5.91 Å². The first-order valence-electron chi connectivity index (χ1n) is 9.19. The number of nitrogens with zero attached hydrogens (tertiary/aromatic N) is 3. The van der Waals surface area contributed by atoms with Gasteiger partial charge in [-0.05, 0) is 69.9 Å². The van der Waals surface area contributed by atoms with Gasteiger partial charge in [0, 0.05) is 36.2 Å². The van der Waals surface area contributed by atoms with Crippen molar-refractivity contribution in [3.05, 3.63) is 47.8 Å². The molecule has 26 heavy (non-hydrogen) atoms. The predicted octanol–water partition coefficient (Wildman–Crippen LogP) is 3.41. The van der Waals surface area contributed by atoms with Crippen molar-refractivity contribution < 1.29 is 9.59 Å². The lowest BCUT2D eigenvalue weighted by Crippen LogP contribution is -2.42. The van der Waals surface area contributed by atoms with Crippen molar-refractivity contribution >= 4 is 17.5 Å². The summed E-state index contributed by atoms with van der Waals surface area (Å²) in [4.78, 5) is 27.2. The zero-order valence-corrected chi connectivity index (χ0v) is 15.6. The molecule has 1 aromatic carbocycles. The third-order valence-corrected chi connectivity index (χ3v) is 5.10. The molecule has 2 heterocycles. The van der Waals surface area contributed by atoms with Gasteiger partial charge in [-0.25, -0.2) is 0 Å². The topological polar surface area (TPSA) is 67.2 Å². The second-order valence-corrected chi connectivity index (χ2v) is 7.02. The highest BCUT2D eigenvalue weighted by Crippen LogP contribution is 2.23. The highest BCUT2D eigenvalue weighted by molar-refractivity contribution is 5.97. The van der Waals surface area contributed by atoms with Crippen LogP contribution in [-0.4, -0.2) is 39.1 Å². The van der Waals surface area contributed by atoms with Crippen LogP contribution in [-0.2, 0) is 4.79 Å². The number of aryl methyl sites for hydroxylation is 1. The fourth-order valence-corrected chi connectivity index (χ4v) is 3.37. The van der Waals surface area contributed by atoms with E-state index in [1.54, 1.807) is 36.1 Å². The molecular formula is C20H26N4O2. The SMILES string of the molecule is Cc1cc(C(=O)N2CCCCC2C)ccc1NC(=O)C(C)n1cccn1. The highest BCUT2D eigenvalue weighted by Gasteiger charge is 2.24. The van der Waals surface area contributed by atoms with E-state index in [1.165, 1.54) is 6.42 Å². The van der Waals surface area contributed by atoms with Gasteiger partial charge in [0.25, 0.3) is 5.91 Å². The number of rotatable bonds is 4. The average Bonchev–Trinajstić information content (AvgIpc) is 3.17. The molecule has 1 aliphatic rings. The van der Waals surface area contributed by atoms with E-state index in [-0.39, 0.29) is 17.9 Å². The van der Waals surface area contributed by atoms with Crippen LogP contribution in [0.15, 0.2) is 36.7 Å². The Morgan fingerprint density at radius 1 is 1.31 bits per heavy atom. The lowest BCUT2D eigenvalue weighted by atomic mass is 10.0. The molecule has 2 aromatic rings. The molecule has 0 bridgehead atoms. The van der Waals surface area contributed by atoms with Gasteiger partial charge in [-0.1, -0.05) is 0 Å². The minimum atomic E-state index is -0.403. The Morgan fingerprint density at radius 2 is 2.12 bits per heavy atom. The molecule has 0 saturated carbocycles. The summed E-state index contributed by atoms with van der Waals surface area (Å²) < 4.78 is 1.61. The molecule has 1 fully saturated rings. The molecule has 0 spiro atoms. The lowest BCUT2D eigenvalue weighted by Gasteiger charge is -2.33. The summed E-state index contributed by atoms with van der Waals surface area (Å²) in [7, 11) is 0. The standard InChI is InChI=1S/C20H26N4O2/c1-14-13-17(20(26)23-11-5-4-7-15(23)2)8-9-18(14)22-19(25)16(3)24-12-6-10-21-24/h6,8-10,12-13,15-16H,4-5,7,11H2,1-3H3,(H,22,25). The number of nitrogens with one attached hydrogen (secondary N) is 1. The Balaban J connectivity index is 1.71. The number of carbonyl (C=O) groups is 2. The summed E-state index contributed by atoms with van der Waals surface area (Å²) in [5.41, 5.74) is 2.27. The van der Waals surface area contributed by atoms with Crippen LogP contribution in [0.5, 0.6) is 0 Å². The van der Waals surface area contributed by atoms with Crippen molar-refractivity contribution in [2.45, 2.75) is 52.1 Å². The van der Waals surface area contributed by atoms with Crippen molar-refractivity contribution in [1.29, 1.82) is 0 Å². The molecule has 2 atom stereocenters. The fourth-order valence-electron chi connectivity index (χ4n) is 3.37. The summed E-state index contributed by atoms with van der Waals surface area (Å²) >= 11 is 0. The van der Waals surface area contributed by atoms with E-state index in [1.807, 2.05) is 24.0 Å². The molecule has 6 nitrogen and oxygen atoms in total. The molecule has 3 rings (SSSR count).